The molecule has 0 fully saturated rings. The Morgan fingerprint density at radius 2 is 2.33 bits per heavy atom. The largest absolute Gasteiger partial charge is 0.325 e. The number of hydrogen-bond donors (Lipinski definition) is 1. The Hall–Kier alpha value is -1.42. The molecule has 0 unspecified atom stereocenters. The van der Waals surface area contributed by atoms with Gasteiger partial charge in [0.2, 0.25) is 5.78 Å². The van der Waals surface area contributed by atoms with Crippen molar-refractivity contribution in [2.75, 3.05) is 0 Å². The van der Waals surface area contributed by atoms with E-state index in [0.29, 0.717) is 6.54 Å². The van der Waals surface area contributed by atoms with Gasteiger partial charge in [0.1, 0.15) is 0 Å². The van der Waals surface area contributed by atoms with Gasteiger partial charge in [-0.15, -0.1) is 0 Å². The molecule has 0 aliphatic heterocycles. The van der Waals surface area contributed by atoms with E-state index in [0.717, 1.165) is 17.2 Å². The summed E-state index contributed by atoms with van der Waals surface area (Å²) in [6.45, 7) is 2.50. The van der Waals surface area contributed by atoms with E-state index in [1.807, 2.05) is 17.4 Å². The van der Waals surface area contributed by atoms with E-state index in [9.17, 15) is 0 Å². The van der Waals surface area contributed by atoms with Gasteiger partial charge in [-0.3, -0.25) is 4.40 Å². The maximum atomic E-state index is 5.54. The molecule has 12 heavy (non-hydrogen) atoms. The Kier molecular flexibility index (Phi) is 1.55. The van der Waals surface area contributed by atoms with E-state index in [4.69, 9.17) is 5.73 Å². The van der Waals surface area contributed by atoms with Crippen molar-refractivity contribution >= 4 is 5.78 Å². The van der Waals surface area contributed by atoms with Gasteiger partial charge in [0, 0.05) is 18.4 Å². The molecule has 0 radical (unpaired) electrons. The standard InChI is InChI=1S/C8H10N4/c1-6-2-3-10-8-11-5-7(4-9)12(6)8/h2-3,5H,4,9H2,1H3. The third kappa shape index (κ3) is 0.887. The summed E-state index contributed by atoms with van der Waals surface area (Å²) in [6, 6.07) is 1.94. The van der Waals surface area contributed by atoms with Crippen LogP contribution in [0.4, 0.5) is 0 Å². The van der Waals surface area contributed by atoms with Gasteiger partial charge in [-0.25, -0.2) is 9.97 Å². The van der Waals surface area contributed by atoms with E-state index < -0.39 is 0 Å². The fourth-order valence-electron chi connectivity index (χ4n) is 1.28. The molecule has 4 heteroatoms. The Bertz CT molecular complexity index is 404. The summed E-state index contributed by atoms with van der Waals surface area (Å²) in [5.41, 5.74) is 7.65. The van der Waals surface area contributed by atoms with Crippen LogP contribution in [0.5, 0.6) is 0 Å². The summed E-state index contributed by atoms with van der Waals surface area (Å²) in [4.78, 5) is 8.23. The van der Waals surface area contributed by atoms with Gasteiger partial charge < -0.3 is 5.73 Å². The third-order valence-corrected chi connectivity index (χ3v) is 1.88. The molecule has 0 atom stereocenters. The monoisotopic (exact) mass is 162 g/mol. The number of hydrogen-bond acceptors (Lipinski definition) is 3. The van der Waals surface area contributed by atoms with Crippen LogP contribution in [0, 0.1) is 6.92 Å². The topological polar surface area (TPSA) is 56.2 Å². The number of rotatable bonds is 1. The van der Waals surface area contributed by atoms with Gasteiger partial charge in [-0.1, -0.05) is 0 Å². The second kappa shape index (κ2) is 2.57. The summed E-state index contributed by atoms with van der Waals surface area (Å²) >= 11 is 0. The van der Waals surface area contributed by atoms with Gasteiger partial charge >= 0.3 is 0 Å². The number of fused-ring (bicyclic) bond motifs is 1. The predicted octanol–water partition coefficient (Wildman–Crippen LogP) is 0.496. The number of nitrogens with zero attached hydrogens (tertiary/aromatic N) is 3. The SMILES string of the molecule is Cc1ccnc2ncc(CN)n12. The molecule has 2 heterocycles. The van der Waals surface area contributed by atoms with E-state index >= 15 is 0 Å². The van der Waals surface area contributed by atoms with Crippen LogP contribution < -0.4 is 5.73 Å². The molecule has 0 spiro atoms. The van der Waals surface area contributed by atoms with Gasteiger partial charge in [-0.05, 0) is 13.0 Å². The molecular weight excluding hydrogens is 152 g/mol. The molecule has 2 aromatic rings. The summed E-state index contributed by atoms with van der Waals surface area (Å²) in [5.74, 6) is 0.718. The lowest BCUT2D eigenvalue weighted by Gasteiger charge is -2.00. The fraction of sp³-hybridized carbons (Fsp3) is 0.250. The number of nitrogens with two attached hydrogens (primary N) is 1. The lowest BCUT2D eigenvalue weighted by Crippen LogP contribution is -2.03. The molecule has 2 rings (SSSR count). The molecule has 0 bridgehead atoms. The fourth-order valence-corrected chi connectivity index (χ4v) is 1.28. The number of aromatic nitrogens is 3. The van der Waals surface area contributed by atoms with Crippen molar-refractivity contribution in [3.8, 4) is 0 Å². The Balaban J connectivity index is 2.83. The minimum atomic E-state index is 0.494. The van der Waals surface area contributed by atoms with Crippen LogP contribution >= 0.6 is 0 Å². The van der Waals surface area contributed by atoms with Crippen LogP contribution in [0.15, 0.2) is 18.5 Å². The van der Waals surface area contributed by atoms with Gasteiger partial charge in [-0.2, -0.15) is 0 Å². The van der Waals surface area contributed by atoms with Crippen LogP contribution in [0.3, 0.4) is 0 Å². The second-order valence-electron chi connectivity index (χ2n) is 2.68. The molecule has 4 nitrogen and oxygen atoms in total. The lowest BCUT2D eigenvalue weighted by atomic mass is 10.4. The van der Waals surface area contributed by atoms with Crippen molar-refractivity contribution in [3.63, 3.8) is 0 Å². The highest BCUT2D eigenvalue weighted by Crippen LogP contribution is 2.06. The predicted molar refractivity (Wildman–Crippen MR) is 45.6 cm³/mol. The van der Waals surface area contributed by atoms with Crippen molar-refractivity contribution in [1.82, 2.24) is 14.4 Å². The highest BCUT2D eigenvalue weighted by molar-refractivity contribution is 5.33. The van der Waals surface area contributed by atoms with Crippen molar-refractivity contribution in [2.24, 2.45) is 5.73 Å². The Labute approximate surface area is 70.1 Å². The van der Waals surface area contributed by atoms with Crippen molar-refractivity contribution < 1.29 is 0 Å². The lowest BCUT2D eigenvalue weighted by molar-refractivity contribution is 0.918. The first-order chi connectivity index (χ1) is 5.83. The highest BCUT2D eigenvalue weighted by Gasteiger charge is 2.02. The van der Waals surface area contributed by atoms with E-state index in [1.54, 1.807) is 12.4 Å². The molecule has 2 aromatic heterocycles. The summed E-state index contributed by atoms with van der Waals surface area (Å²) in [5, 5.41) is 0. The molecule has 0 saturated carbocycles. The second-order valence-corrected chi connectivity index (χ2v) is 2.68. The first-order valence-corrected chi connectivity index (χ1v) is 3.81. The maximum absolute atomic E-state index is 5.54. The van der Waals surface area contributed by atoms with E-state index in [1.165, 1.54) is 0 Å². The first-order valence-electron chi connectivity index (χ1n) is 3.81. The molecular formula is C8H10N4. The minimum absolute atomic E-state index is 0.494. The van der Waals surface area contributed by atoms with Crippen LogP contribution in [-0.4, -0.2) is 14.4 Å². The summed E-state index contributed by atoms with van der Waals surface area (Å²) in [6.07, 6.45) is 3.51. The van der Waals surface area contributed by atoms with Gasteiger partial charge in [0.05, 0.1) is 11.9 Å². The average molecular weight is 162 g/mol. The number of aryl methyl sites for hydroxylation is 1. The normalized spacial score (nSPS) is 10.8. The maximum Gasteiger partial charge on any atom is 0.234 e. The molecule has 0 aliphatic carbocycles. The quantitative estimate of drug-likeness (QED) is 0.664. The number of imidazole rings is 1. The average Bonchev–Trinajstić information content (AvgIpc) is 2.49. The molecule has 0 aliphatic rings. The van der Waals surface area contributed by atoms with Crippen LogP contribution in [0.2, 0.25) is 0 Å². The first kappa shape index (κ1) is 7.24. The summed E-state index contributed by atoms with van der Waals surface area (Å²) < 4.78 is 1.96. The molecule has 0 saturated heterocycles. The molecule has 0 amide bonds. The molecule has 62 valence electrons. The van der Waals surface area contributed by atoms with Crippen molar-refractivity contribution in [1.29, 1.82) is 0 Å². The smallest absolute Gasteiger partial charge is 0.234 e. The third-order valence-electron chi connectivity index (χ3n) is 1.88. The Morgan fingerprint density at radius 1 is 1.50 bits per heavy atom. The zero-order valence-corrected chi connectivity index (χ0v) is 6.86. The summed E-state index contributed by atoms with van der Waals surface area (Å²) in [7, 11) is 0. The Morgan fingerprint density at radius 3 is 3.08 bits per heavy atom. The van der Waals surface area contributed by atoms with Crippen molar-refractivity contribution in [2.45, 2.75) is 13.5 Å². The minimum Gasteiger partial charge on any atom is -0.325 e. The van der Waals surface area contributed by atoms with E-state index in [-0.39, 0.29) is 0 Å². The van der Waals surface area contributed by atoms with Crippen LogP contribution in [0.25, 0.3) is 5.78 Å². The van der Waals surface area contributed by atoms with Crippen LogP contribution in [-0.2, 0) is 6.54 Å². The van der Waals surface area contributed by atoms with E-state index in [2.05, 4.69) is 9.97 Å². The zero-order chi connectivity index (χ0) is 8.55. The molecule has 2 N–H and O–H groups in total. The zero-order valence-electron chi connectivity index (χ0n) is 6.86. The van der Waals surface area contributed by atoms with Crippen molar-refractivity contribution in [3.05, 3.63) is 29.8 Å². The molecule has 0 aromatic carbocycles. The van der Waals surface area contributed by atoms with Gasteiger partial charge in [0.15, 0.2) is 0 Å². The van der Waals surface area contributed by atoms with Gasteiger partial charge in [0.25, 0.3) is 0 Å². The van der Waals surface area contributed by atoms with Crippen LogP contribution in [0.1, 0.15) is 11.4 Å². The highest BCUT2D eigenvalue weighted by atomic mass is 15.1.